The Labute approximate surface area is 142 Å². The Balaban J connectivity index is 1.86. The van der Waals surface area contributed by atoms with E-state index in [-0.39, 0.29) is 0 Å². The summed E-state index contributed by atoms with van der Waals surface area (Å²) in [4.78, 5) is 12.3. The number of ether oxygens (including phenoxy) is 2. The maximum absolute atomic E-state index is 13.8. The molecule has 1 aliphatic rings. The van der Waals surface area contributed by atoms with Gasteiger partial charge in [-0.1, -0.05) is 6.07 Å². The summed E-state index contributed by atoms with van der Waals surface area (Å²) in [5.41, 5.74) is -0.790. The first kappa shape index (κ1) is 17.1. The van der Waals surface area contributed by atoms with Gasteiger partial charge in [-0.3, -0.25) is 4.79 Å². The molecule has 25 heavy (non-hydrogen) atoms. The van der Waals surface area contributed by atoms with Crippen LogP contribution in [-0.4, -0.2) is 19.1 Å². The van der Waals surface area contributed by atoms with Gasteiger partial charge in [0.2, 0.25) is 0 Å². The van der Waals surface area contributed by atoms with Gasteiger partial charge in [0.15, 0.2) is 29.0 Å². The van der Waals surface area contributed by atoms with Gasteiger partial charge in [0.1, 0.15) is 13.2 Å². The summed E-state index contributed by atoms with van der Waals surface area (Å²) in [5.74, 6) is -4.24. The van der Waals surface area contributed by atoms with E-state index >= 15 is 0 Å². The van der Waals surface area contributed by atoms with Crippen molar-refractivity contribution in [3.63, 3.8) is 0 Å². The molecule has 0 spiro atoms. The highest BCUT2D eigenvalue weighted by Crippen LogP contribution is 2.34. The van der Waals surface area contributed by atoms with E-state index in [1.165, 1.54) is 0 Å². The van der Waals surface area contributed by atoms with Crippen molar-refractivity contribution in [3.8, 4) is 11.5 Å². The van der Waals surface area contributed by atoms with Crippen molar-refractivity contribution >= 4 is 5.91 Å². The highest BCUT2D eigenvalue weighted by molar-refractivity contribution is 5.95. The Morgan fingerprint density at radius 2 is 1.68 bits per heavy atom. The molecule has 1 heterocycles. The lowest BCUT2D eigenvalue weighted by atomic mass is 9.93. The molecule has 7 heteroatoms. The summed E-state index contributed by atoms with van der Waals surface area (Å²) >= 11 is 0. The highest BCUT2D eigenvalue weighted by atomic mass is 19.2. The molecule has 0 saturated heterocycles. The van der Waals surface area contributed by atoms with E-state index in [2.05, 4.69) is 5.32 Å². The largest absolute Gasteiger partial charge is 0.486 e. The van der Waals surface area contributed by atoms with Crippen LogP contribution in [0.4, 0.5) is 13.2 Å². The second-order valence-corrected chi connectivity index (χ2v) is 6.16. The van der Waals surface area contributed by atoms with Gasteiger partial charge in [-0.2, -0.15) is 0 Å². The normalized spacial score (nSPS) is 13.5. The van der Waals surface area contributed by atoms with Gasteiger partial charge in [0.25, 0.3) is 5.91 Å². The first-order valence-corrected chi connectivity index (χ1v) is 7.66. The number of halogens is 3. The van der Waals surface area contributed by atoms with Gasteiger partial charge in [0, 0.05) is 0 Å². The van der Waals surface area contributed by atoms with E-state index in [0.717, 1.165) is 6.07 Å². The second-order valence-electron chi connectivity index (χ2n) is 6.16. The maximum atomic E-state index is 13.8. The fourth-order valence-corrected chi connectivity index (χ4v) is 2.56. The Kier molecular flexibility index (Phi) is 4.32. The molecule has 1 aliphatic heterocycles. The third kappa shape index (κ3) is 3.26. The number of hydrogen-bond donors (Lipinski definition) is 1. The van der Waals surface area contributed by atoms with Crippen LogP contribution in [0.25, 0.3) is 0 Å². The first-order chi connectivity index (χ1) is 11.8. The molecule has 132 valence electrons. The van der Waals surface area contributed by atoms with Crippen LogP contribution in [0.3, 0.4) is 0 Å². The molecule has 1 N–H and O–H groups in total. The molecule has 0 fully saturated rings. The quantitative estimate of drug-likeness (QED) is 0.861. The average molecular weight is 351 g/mol. The topological polar surface area (TPSA) is 47.6 Å². The van der Waals surface area contributed by atoms with Crippen molar-refractivity contribution < 1.29 is 27.4 Å². The third-order valence-corrected chi connectivity index (χ3v) is 3.97. The number of carbonyl (C=O) groups excluding carboxylic acids is 1. The van der Waals surface area contributed by atoms with Crippen LogP contribution in [0.1, 0.15) is 29.8 Å². The zero-order valence-electron chi connectivity index (χ0n) is 13.7. The van der Waals surface area contributed by atoms with Crippen LogP contribution in [0.2, 0.25) is 0 Å². The molecule has 4 nitrogen and oxygen atoms in total. The van der Waals surface area contributed by atoms with Crippen molar-refractivity contribution in [1.29, 1.82) is 0 Å². The van der Waals surface area contributed by atoms with Gasteiger partial charge in [-0.05, 0) is 43.7 Å². The van der Waals surface area contributed by atoms with Gasteiger partial charge >= 0.3 is 0 Å². The van der Waals surface area contributed by atoms with Crippen molar-refractivity contribution in [2.45, 2.75) is 19.4 Å². The van der Waals surface area contributed by atoms with Gasteiger partial charge in [-0.25, -0.2) is 13.2 Å². The fraction of sp³-hybridized carbons (Fsp3) is 0.278. The number of fused-ring (bicyclic) bond motifs is 1. The van der Waals surface area contributed by atoms with Gasteiger partial charge in [0.05, 0.1) is 11.1 Å². The summed E-state index contributed by atoms with van der Waals surface area (Å²) in [6.07, 6.45) is 0. The molecule has 0 unspecified atom stereocenters. The minimum Gasteiger partial charge on any atom is -0.486 e. The van der Waals surface area contributed by atoms with Crippen molar-refractivity contribution in [3.05, 3.63) is 58.9 Å². The first-order valence-electron chi connectivity index (χ1n) is 7.66. The van der Waals surface area contributed by atoms with Crippen LogP contribution < -0.4 is 14.8 Å². The predicted octanol–water partition coefficient (Wildman–Crippen LogP) is 3.54. The molecule has 2 aromatic rings. The molecule has 0 radical (unpaired) electrons. The van der Waals surface area contributed by atoms with Crippen LogP contribution in [-0.2, 0) is 5.54 Å². The van der Waals surface area contributed by atoms with Crippen LogP contribution in [0.5, 0.6) is 11.5 Å². The number of amides is 1. The zero-order chi connectivity index (χ0) is 18.2. The lowest BCUT2D eigenvalue weighted by molar-refractivity contribution is 0.0906. The monoisotopic (exact) mass is 351 g/mol. The average Bonchev–Trinajstić information content (AvgIpc) is 2.59. The SMILES string of the molecule is CC(C)(NC(=O)c1ccc(F)c(F)c1F)c1ccc2c(c1)OCCO2. The molecule has 0 atom stereocenters. The number of nitrogens with one attached hydrogen (secondary N) is 1. The molecule has 3 rings (SSSR count). The minimum absolute atomic E-state index is 0.420. The van der Waals surface area contributed by atoms with E-state index in [1.54, 1.807) is 32.0 Å². The van der Waals surface area contributed by atoms with Gasteiger partial charge < -0.3 is 14.8 Å². The minimum atomic E-state index is -1.68. The van der Waals surface area contributed by atoms with E-state index in [4.69, 9.17) is 9.47 Å². The highest BCUT2D eigenvalue weighted by Gasteiger charge is 2.28. The Hall–Kier alpha value is -2.70. The molecule has 0 bridgehead atoms. The predicted molar refractivity (Wildman–Crippen MR) is 84.2 cm³/mol. The zero-order valence-corrected chi connectivity index (χ0v) is 13.7. The third-order valence-electron chi connectivity index (χ3n) is 3.97. The molecule has 0 aliphatic carbocycles. The molecular formula is C18H16F3NO3. The van der Waals surface area contributed by atoms with E-state index in [1.807, 2.05) is 0 Å². The lowest BCUT2D eigenvalue weighted by Gasteiger charge is -2.29. The summed E-state index contributed by atoms with van der Waals surface area (Å²) in [5, 5.41) is 2.62. The van der Waals surface area contributed by atoms with Crippen LogP contribution in [0, 0.1) is 17.5 Å². The van der Waals surface area contributed by atoms with E-state index < -0.39 is 34.5 Å². The Bertz CT molecular complexity index is 837. The molecule has 0 saturated carbocycles. The summed E-state index contributed by atoms with van der Waals surface area (Å²) in [6, 6.07) is 6.80. The molecule has 1 amide bonds. The Morgan fingerprint density at radius 1 is 1.00 bits per heavy atom. The smallest absolute Gasteiger partial charge is 0.255 e. The van der Waals surface area contributed by atoms with E-state index in [0.29, 0.717) is 36.3 Å². The van der Waals surface area contributed by atoms with Crippen molar-refractivity contribution in [1.82, 2.24) is 5.32 Å². The number of carbonyl (C=O) groups is 1. The lowest BCUT2D eigenvalue weighted by Crippen LogP contribution is -2.41. The summed E-state index contributed by atoms with van der Waals surface area (Å²) < 4.78 is 51.1. The van der Waals surface area contributed by atoms with Crippen LogP contribution in [0.15, 0.2) is 30.3 Å². The molecular weight excluding hydrogens is 335 g/mol. The van der Waals surface area contributed by atoms with Crippen molar-refractivity contribution in [2.75, 3.05) is 13.2 Å². The van der Waals surface area contributed by atoms with E-state index in [9.17, 15) is 18.0 Å². The van der Waals surface area contributed by atoms with Gasteiger partial charge in [-0.15, -0.1) is 0 Å². The number of benzene rings is 2. The standard InChI is InChI=1S/C18H16F3NO3/c1-18(2,10-3-6-13-14(9-10)25-8-7-24-13)22-17(23)11-4-5-12(19)16(21)15(11)20/h3-6,9H,7-8H2,1-2H3,(H,22,23). The maximum Gasteiger partial charge on any atom is 0.255 e. The van der Waals surface area contributed by atoms with Crippen LogP contribution >= 0.6 is 0 Å². The second kappa shape index (κ2) is 6.31. The van der Waals surface area contributed by atoms with Crippen molar-refractivity contribution in [2.24, 2.45) is 0 Å². The molecule has 2 aromatic carbocycles. The Morgan fingerprint density at radius 3 is 2.40 bits per heavy atom. The number of rotatable bonds is 3. The summed E-state index contributed by atoms with van der Waals surface area (Å²) in [6.45, 7) is 4.29. The summed E-state index contributed by atoms with van der Waals surface area (Å²) in [7, 11) is 0. The molecule has 0 aromatic heterocycles. The number of hydrogen-bond acceptors (Lipinski definition) is 3. The fourth-order valence-electron chi connectivity index (χ4n) is 2.56.